The molecule has 2 aromatic carbocycles. The molecular weight excluding hydrogens is 454 g/mol. The van der Waals surface area contributed by atoms with Crippen LogP contribution in [0.1, 0.15) is 36.5 Å². The predicted octanol–water partition coefficient (Wildman–Crippen LogP) is 2.90. The number of anilines is 2. The molecule has 1 amide bonds. The number of unbranched alkanes of at least 4 members (excludes halogenated alkanes) is 1. The number of aryl methyl sites for hydroxylation is 1. The number of rotatable bonds is 11. The van der Waals surface area contributed by atoms with Gasteiger partial charge in [0, 0.05) is 13.1 Å². The van der Waals surface area contributed by atoms with E-state index in [1.165, 1.54) is 9.47 Å². The van der Waals surface area contributed by atoms with Crippen LogP contribution in [0.3, 0.4) is 0 Å². The predicted molar refractivity (Wildman–Crippen MR) is 144 cm³/mol. The summed E-state index contributed by atoms with van der Waals surface area (Å²) >= 11 is 0. The Morgan fingerprint density at radius 3 is 2.36 bits per heavy atom. The quantitative estimate of drug-likeness (QED) is 0.405. The molecule has 36 heavy (non-hydrogen) atoms. The molecule has 0 unspecified atom stereocenters. The molecule has 0 radical (unpaired) electrons. The Hall–Kier alpha value is -4.09. The van der Waals surface area contributed by atoms with Crippen molar-refractivity contribution in [3.63, 3.8) is 0 Å². The molecule has 0 spiro atoms. The molecule has 3 aromatic rings. The zero-order valence-corrected chi connectivity index (χ0v) is 20.9. The molecule has 0 aliphatic rings. The Balaban J connectivity index is 1.99. The first-order chi connectivity index (χ1) is 17.3. The Labute approximate surface area is 211 Å². The van der Waals surface area contributed by atoms with Gasteiger partial charge in [-0.1, -0.05) is 79.4 Å². The Bertz CT molecular complexity index is 1320. The SMILES string of the molecule is C#CCN(CC(=O)N(Cc1ccccc1)c1c(N)n(CCCC)c(=O)[nH]c1=O)Cc1ccc(C)cc1. The van der Waals surface area contributed by atoms with Crippen LogP contribution in [0.4, 0.5) is 11.5 Å². The lowest BCUT2D eigenvalue weighted by atomic mass is 10.1. The average Bonchev–Trinajstić information content (AvgIpc) is 2.85. The number of nitrogens with two attached hydrogens (primary N) is 1. The fourth-order valence-electron chi connectivity index (χ4n) is 3.96. The number of aromatic nitrogens is 2. The van der Waals surface area contributed by atoms with Crippen molar-refractivity contribution in [2.75, 3.05) is 23.7 Å². The van der Waals surface area contributed by atoms with Gasteiger partial charge in [0.05, 0.1) is 19.6 Å². The molecule has 8 heteroatoms. The van der Waals surface area contributed by atoms with Crippen molar-refractivity contribution in [1.29, 1.82) is 0 Å². The number of nitrogen functional groups attached to an aromatic ring is 1. The molecular formula is C28H33N5O3. The molecule has 0 aliphatic carbocycles. The summed E-state index contributed by atoms with van der Waals surface area (Å²) in [4.78, 5) is 44.7. The molecule has 0 aliphatic heterocycles. The van der Waals surface area contributed by atoms with E-state index in [0.717, 1.165) is 23.1 Å². The number of terminal acetylenes is 1. The van der Waals surface area contributed by atoms with Gasteiger partial charge in [0.1, 0.15) is 5.82 Å². The highest BCUT2D eigenvalue weighted by atomic mass is 16.2. The summed E-state index contributed by atoms with van der Waals surface area (Å²) in [5, 5.41) is 0. The third kappa shape index (κ3) is 6.74. The van der Waals surface area contributed by atoms with Gasteiger partial charge in [0.15, 0.2) is 5.69 Å². The lowest BCUT2D eigenvalue weighted by molar-refractivity contribution is -0.119. The Morgan fingerprint density at radius 1 is 1.06 bits per heavy atom. The van der Waals surface area contributed by atoms with Gasteiger partial charge in [-0.05, 0) is 24.5 Å². The van der Waals surface area contributed by atoms with Gasteiger partial charge < -0.3 is 5.73 Å². The number of amides is 1. The van der Waals surface area contributed by atoms with E-state index in [4.69, 9.17) is 12.2 Å². The summed E-state index contributed by atoms with van der Waals surface area (Å²) in [6.07, 6.45) is 7.14. The standard InChI is InChI=1S/C28H33N5O3/c1-4-6-17-32-26(29)25(27(35)30-28(32)36)33(19-22-10-8-7-9-11-22)24(34)20-31(16-5-2)18-23-14-12-21(3)13-15-23/h2,7-15H,4,6,16-20,29H2,1,3H3,(H,30,35,36). The largest absolute Gasteiger partial charge is 0.383 e. The van der Waals surface area contributed by atoms with E-state index < -0.39 is 11.2 Å². The van der Waals surface area contributed by atoms with E-state index in [1.807, 2.05) is 73.3 Å². The number of hydrogen-bond donors (Lipinski definition) is 2. The average molecular weight is 488 g/mol. The Morgan fingerprint density at radius 2 is 1.72 bits per heavy atom. The van der Waals surface area contributed by atoms with E-state index in [-0.39, 0.29) is 37.0 Å². The number of nitrogens with one attached hydrogen (secondary N) is 1. The van der Waals surface area contributed by atoms with Crippen LogP contribution in [0.5, 0.6) is 0 Å². The van der Waals surface area contributed by atoms with Gasteiger partial charge in [-0.2, -0.15) is 0 Å². The monoisotopic (exact) mass is 487 g/mol. The fraction of sp³-hybridized carbons (Fsp3) is 0.321. The summed E-state index contributed by atoms with van der Waals surface area (Å²) in [7, 11) is 0. The van der Waals surface area contributed by atoms with Crippen molar-refractivity contribution < 1.29 is 4.79 Å². The van der Waals surface area contributed by atoms with Crippen LogP contribution >= 0.6 is 0 Å². The van der Waals surface area contributed by atoms with Gasteiger partial charge in [-0.25, -0.2) is 4.79 Å². The minimum absolute atomic E-state index is 0.0245. The van der Waals surface area contributed by atoms with Crippen molar-refractivity contribution in [2.24, 2.45) is 0 Å². The first kappa shape index (κ1) is 26.5. The highest BCUT2D eigenvalue weighted by Crippen LogP contribution is 2.21. The number of carbonyl (C=O) groups is 1. The Kier molecular flexibility index (Phi) is 9.25. The maximum atomic E-state index is 13.7. The van der Waals surface area contributed by atoms with Crippen LogP contribution in [0, 0.1) is 19.3 Å². The number of aromatic amines is 1. The summed E-state index contributed by atoms with van der Waals surface area (Å²) in [6.45, 7) is 5.15. The number of H-pyrrole nitrogens is 1. The molecule has 8 nitrogen and oxygen atoms in total. The number of nitrogens with zero attached hydrogens (tertiary/aromatic N) is 3. The molecule has 3 N–H and O–H groups in total. The lowest BCUT2D eigenvalue weighted by Gasteiger charge is -2.28. The third-order valence-corrected chi connectivity index (χ3v) is 5.90. The van der Waals surface area contributed by atoms with E-state index in [9.17, 15) is 14.4 Å². The van der Waals surface area contributed by atoms with E-state index in [0.29, 0.717) is 19.5 Å². The summed E-state index contributed by atoms with van der Waals surface area (Å²) in [5.41, 5.74) is 8.01. The maximum Gasteiger partial charge on any atom is 0.330 e. The lowest BCUT2D eigenvalue weighted by Crippen LogP contribution is -2.45. The first-order valence-electron chi connectivity index (χ1n) is 12.0. The fourth-order valence-corrected chi connectivity index (χ4v) is 3.96. The highest BCUT2D eigenvalue weighted by Gasteiger charge is 2.26. The van der Waals surface area contributed by atoms with Crippen LogP contribution in [-0.2, 0) is 24.4 Å². The van der Waals surface area contributed by atoms with Crippen molar-refractivity contribution in [2.45, 2.75) is 46.3 Å². The van der Waals surface area contributed by atoms with Crippen molar-refractivity contribution >= 4 is 17.4 Å². The molecule has 1 aromatic heterocycles. The van der Waals surface area contributed by atoms with Crippen LogP contribution in [0.25, 0.3) is 0 Å². The van der Waals surface area contributed by atoms with Gasteiger partial charge in [0.2, 0.25) is 5.91 Å². The number of carbonyl (C=O) groups excluding carboxylic acids is 1. The molecule has 3 rings (SSSR count). The smallest absolute Gasteiger partial charge is 0.330 e. The molecule has 0 saturated heterocycles. The molecule has 0 atom stereocenters. The van der Waals surface area contributed by atoms with E-state index in [1.54, 1.807) is 0 Å². The van der Waals surface area contributed by atoms with E-state index >= 15 is 0 Å². The summed E-state index contributed by atoms with van der Waals surface area (Å²) < 4.78 is 1.32. The van der Waals surface area contributed by atoms with Gasteiger partial charge >= 0.3 is 5.69 Å². The van der Waals surface area contributed by atoms with Crippen LogP contribution in [-0.4, -0.2) is 33.4 Å². The minimum Gasteiger partial charge on any atom is -0.383 e. The van der Waals surface area contributed by atoms with Gasteiger partial charge in [0.25, 0.3) is 5.56 Å². The molecule has 188 valence electrons. The molecule has 1 heterocycles. The van der Waals surface area contributed by atoms with E-state index in [2.05, 4.69) is 10.9 Å². The number of benzene rings is 2. The van der Waals surface area contributed by atoms with Crippen molar-refractivity contribution in [3.8, 4) is 12.3 Å². The number of hydrogen-bond acceptors (Lipinski definition) is 5. The highest BCUT2D eigenvalue weighted by molar-refractivity contribution is 5.96. The van der Waals surface area contributed by atoms with Gasteiger partial charge in [-0.15, -0.1) is 6.42 Å². The van der Waals surface area contributed by atoms with Gasteiger partial charge in [-0.3, -0.25) is 28.9 Å². The summed E-state index contributed by atoms with van der Waals surface area (Å²) in [5.74, 6) is 2.24. The van der Waals surface area contributed by atoms with Crippen LogP contribution in [0.15, 0.2) is 64.2 Å². The topological polar surface area (TPSA) is 104 Å². The molecule has 0 bridgehead atoms. The maximum absolute atomic E-state index is 13.7. The second kappa shape index (κ2) is 12.6. The van der Waals surface area contributed by atoms with Crippen LogP contribution in [0.2, 0.25) is 0 Å². The second-order valence-corrected chi connectivity index (χ2v) is 8.80. The zero-order chi connectivity index (χ0) is 26.1. The second-order valence-electron chi connectivity index (χ2n) is 8.80. The van der Waals surface area contributed by atoms with Crippen molar-refractivity contribution in [1.82, 2.24) is 14.5 Å². The van der Waals surface area contributed by atoms with Crippen LogP contribution < -0.4 is 21.9 Å². The summed E-state index contributed by atoms with van der Waals surface area (Å²) in [6, 6.07) is 17.3. The first-order valence-corrected chi connectivity index (χ1v) is 12.0. The zero-order valence-electron chi connectivity index (χ0n) is 20.9. The van der Waals surface area contributed by atoms with Crippen molar-refractivity contribution in [3.05, 3.63) is 92.1 Å². The third-order valence-electron chi connectivity index (χ3n) is 5.90. The normalized spacial score (nSPS) is 10.8. The minimum atomic E-state index is -0.698. The molecule has 0 saturated carbocycles. The molecule has 0 fully saturated rings.